The summed E-state index contributed by atoms with van der Waals surface area (Å²) in [6.45, 7) is 3.87. The molecule has 1 aliphatic rings. The summed E-state index contributed by atoms with van der Waals surface area (Å²) in [5.41, 5.74) is 1.34. The van der Waals surface area contributed by atoms with Crippen molar-refractivity contribution >= 4 is 52.6 Å². The molecule has 0 amide bonds. The Hall–Kier alpha value is -1.00. The standard InChI is InChI=1S/C18H25FN4OS.HI/c1-2-20-17(23-11-18(24)6-8-25-12-18)21-7-5-13-10-22-16-4-3-14(19)9-15(13)16;/h3-4,9-10,22,24H,2,5-8,11-12H2,1H3,(H2,20,21,23);1H. The zero-order valence-corrected chi connectivity index (χ0v) is 18.0. The van der Waals surface area contributed by atoms with Gasteiger partial charge in [0.15, 0.2) is 5.96 Å². The van der Waals surface area contributed by atoms with Crippen LogP contribution in [0, 0.1) is 5.82 Å². The Morgan fingerprint density at radius 3 is 3.00 bits per heavy atom. The van der Waals surface area contributed by atoms with E-state index in [2.05, 4.69) is 20.6 Å². The fraction of sp³-hybridized carbons (Fsp3) is 0.500. The third-order valence-electron chi connectivity index (χ3n) is 4.37. The molecule has 1 atom stereocenters. The van der Waals surface area contributed by atoms with Gasteiger partial charge in [-0.1, -0.05) is 0 Å². The summed E-state index contributed by atoms with van der Waals surface area (Å²) in [4.78, 5) is 7.70. The van der Waals surface area contributed by atoms with Crippen molar-refractivity contribution in [2.75, 3.05) is 31.1 Å². The second-order valence-corrected chi connectivity index (χ2v) is 7.51. The van der Waals surface area contributed by atoms with Gasteiger partial charge in [-0.05, 0) is 49.3 Å². The smallest absolute Gasteiger partial charge is 0.191 e. The molecule has 2 aromatic rings. The molecule has 0 spiro atoms. The molecule has 2 heterocycles. The Bertz CT molecular complexity index is 746. The molecule has 8 heteroatoms. The highest BCUT2D eigenvalue weighted by atomic mass is 127. The number of aromatic amines is 1. The largest absolute Gasteiger partial charge is 0.387 e. The average molecular weight is 492 g/mol. The topological polar surface area (TPSA) is 72.4 Å². The fourth-order valence-electron chi connectivity index (χ4n) is 2.96. The maximum atomic E-state index is 13.4. The lowest BCUT2D eigenvalue weighted by molar-refractivity contribution is 0.0778. The molecule has 0 bridgehead atoms. The maximum absolute atomic E-state index is 13.4. The summed E-state index contributed by atoms with van der Waals surface area (Å²) < 4.78 is 13.4. The van der Waals surface area contributed by atoms with Crippen molar-refractivity contribution < 1.29 is 9.50 Å². The minimum atomic E-state index is -0.679. The zero-order chi connectivity index (χ0) is 17.7. The number of halogens is 2. The molecular weight excluding hydrogens is 466 g/mol. The van der Waals surface area contributed by atoms with E-state index in [-0.39, 0.29) is 29.8 Å². The number of benzene rings is 1. The summed E-state index contributed by atoms with van der Waals surface area (Å²) in [7, 11) is 0. The van der Waals surface area contributed by atoms with E-state index in [1.54, 1.807) is 23.9 Å². The highest BCUT2D eigenvalue weighted by Crippen LogP contribution is 2.27. The Morgan fingerprint density at radius 1 is 1.42 bits per heavy atom. The van der Waals surface area contributed by atoms with Crippen LogP contribution in [0.1, 0.15) is 18.9 Å². The number of H-pyrrole nitrogens is 1. The molecule has 1 aliphatic heterocycles. The Morgan fingerprint density at radius 2 is 2.27 bits per heavy atom. The molecule has 1 fully saturated rings. The van der Waals surface area contributed by atoms with Crippen LogP contribution in [0.3, 0.4) is 0 Å². The predicted octanol–water partition coefficient (Wildman–Crippen LogP) is 2.89. The van der Waals surface area contributed by atoms with Crippen LogP contribution < -0.4 is 10.6 Å². The number of fused-ring (bicyclic) bond motifs is 1. The van der Waals surface area contributed by atoms with Crippen molar-refractivity contribution in [2.45, 2.75) is 25.4 Å². The number of nitrogens with one attached hydrogen (secondary N) is 3. The van der Waals surface area contributed by atoms with Gasteiger partial charge in [-0.15, -0.1) is 24.0 Å². The Labute approximate surface area is 174 Å². The molecule has 26 heavy (non-hydrogen) atoms. The van der Waals surface area contributed by atoms with Gasteiger partial charge in [0, 0.05) is 35.9 Å². The van der Waals surface area contributed by atoms with Crippen LogP contribution in [0.15, 0.2) is 29.4 Å². The minimum Gasteiger partial charge on any atom is -0.387 e. The molecule has 0 aliphatic carbocycles. The minimum absolute atomic E-state index is 0. The Kier molecular flexibility index (Phi) is 8.03. The summed E-state index contributed by atoms with van der Waals surface area (Å²) in [6.07, 6.45) is 3.48. The number of thioether (sulfide) groups is 1. The number of hydrogen-bond donors (Lipinski definition) is 4. The normalized spacial score (nSPS) is 20.2. The Balaban J connectivity index is 0.00000243. The van der Waals surface area contributed by atoms with Crippen LogP contribution >= 0.6 is 35.7 Å². The zero-order valence-electron chi connectivity index (χ0n) is 14.8. The lowest BCUT2D eigenvalue weighted by Gasteiger charge is -2.19. The molecule has 1 unspecified atom stereocenters. The van der Waals surface area contributed by atoms with E-state index < -0.39 is 5.60 Å². The first-order valence-electron chi connectivity index (χ1n) is 8.67. The van der Waals surface area contributed by atoms with Crippen LogP contribution in [0.2, 0.25) is 0 Å². The van der Waals surface area contributed by atoms with Crippen molar-refractivity contribution in [1.82, 2.24) is 15.6 Å². The maximum Gasteiger partial charge on any atom is 0.191 e. The number of guanidine groups is 1. The quantitative estimate of drug-likeness (QED) is 0.285. The number of aromatic nitrogens is 1. The molecule has 5 nitrogen and oxygen atoms in total. The first-order valence-corrected chi connectivity index (χ1v) is 9.83. The van der Waals surface area contributed by atoms with Crippen molar-refractivity contribution in [3.63, 3.8) is 0 Å². The van der Waals surface area contributed by atoms with Gasteiger partial charge in [0.2, 0.25) is 0 Å². The molecule has 0 radical (unpaired) electrons. The van der Waals surface area contributed by atoms with Gasteiger partial charge in [0.05, 0.1) is 12.1 Å². The second kappa shape index (κ2) is 9.80. The SMILES string of the molecule is CCNC(=NCC1(O)CCSC1)NCCc1c[nH]c2ccc(F)cc12.I. The van der Waals surface area contributed by atoms with Gasteiger partial charge in [0.1, 0.15) is 5.82 Å². The number of aliphatic hydroxyl groups is 1. The van der Waals surface area contributed by atoms with Gasteiger partial charge >= 0.3 is 0 Å². The summed E-state index contributed by atoms with van der Waals surface area (Å²) >= 11 is 1.77. The monoisotopic (exact) mass is 492 g/mol. The summed E-state index contributed by atoms with van der Waals surface area (Å²) in [5, 5.41) is 17.8. The predicted molar refractivity (Wildman–Crippen MR) is 118 cm³/mol. The molecule has 1 aromatic heterocycles. The lowest BCUT2D eigenvalue weighted by atomic mass is 10.1. The fourth-order valence-corrected chi connectivity index (χ4v) is 4.25. The van der Waals surface area contributed by atoms with E-state index in [0.29, 0.717) is 19.0 Å². The van der Waals surface area contributed by atoms with Gasteiger partial charge in [0.25, 0.3) is 0 Å². The van der Waals surface area contributed by atoms with E-state index in [4.69, 9.17) is 0 Å². The first-order chi connectivity index (χ1) is 12.1. The number of rotatable bonds is 6. The lowest BCUT2D eigenvalue weighted by Crippen LogP contribution is -2.40. The molecule has 4 N–H and O–H groups in total. The van der Waals surface area contributed by atoms with Gasteiger partial charge in [-0.2, -0.15) is 11.8 Å². The average Bonchev–Trinajstić information content (AvgIpc) is 3.20. The van der Waals surface area contributed by atoms with Crippen molar-refractivity contribution in [2.24, 2.45) is 4.99 Å². The van der Waals surface area contributed by atoms with Crippen molar-refractivity contribution in [3.05, 3.63) is 35.8 Å². The van der Waals surface area contributed by atoms with Gasteiger partial charge in [-0.25, -0.2) is 4.39 Å². The van der Waals surface area contributed by atoms with Crippen LogP contribution in [0.4, 0.5) is 4.39 Å². The third-order valence-corrected chi connectivity index (χ3v) is 5.61. The number of hydrogen-bond acceptors (Lipinski definition) is 3. The van der Waals surface area contributed by atoms with Gasteiger partial charge in [-0.3, -0.25) is 4.99 Å². The van der Waals surface area contributed by atoms with Crippen LogP contribution in [-0.2, 0) is 6.42 Å². The summed E-state index contributed by atoms with van der Waals surface area (Å²) in [6, 6.07) is 4.78. The first kappa shape index (κ1) is 21.3. The van der Waals surface area contributed by atoms with E-state index in [1.165, 1.54) is 6.07 Å². The van der Waals surface area contributed by atoms with Crippen molar-refractivity contribution in [1.29, 1.82) is 0 Å². The van der Waals surface area contributed by atoms with Crippen LogP contribution in [0.5, 0.6) is 0 Å². The summed E-state index contributed by atoms with van der Waals surface area (Å²) in [5.74, 6) is 2.22. The molecule has 1 saturated heterocycles. The molecular formula is C18H26FIN4OS. The molecule has 0 saturated carbocycles. The van der Waals surface area contributed by atoms with E-state index in [1.807, 2.05) is 13.1 Å². The van der Waals surface area contributed by atoms with Crippen LogP contribution in [-0.4, -0.2) is 52.8 Å². The third kappa shape index (κ3) is 5.50. The number of nitrogens with zero attached hydrogens (tertiary/aromatic N) is 1. The van der Waals surface area contributed by atoms with E-state index in [9.17, 15) is 9.50 Å². The molecule has 1 aromatic carbocycles. The highest BCUT2D eigenvalue weighted by molar-refractivity contribution is 14.0. The van der Waals surface area contributed by atoms with E-state index in [0.717, 1.165) is 47.4 Å². The highest BCUT2D eigenvalue weighted by Gasteiger charge is 2.31. The van der Waals surface area contributed by atoms with Crippen LogP contribution in [0.25, 0.3) is 10.9 Å². The van der Waals surface area contributed by atoms with E-state index >= 15 is 0 Å². The molecule has 144 valence electrons. The number of aliphatic imine (C=N–C) groups is 1. The second-order valence-electron chi connectivity index (χ2n) is 6.40. The van der Waals surface area contributed by atoms with Gasteiger partial charge < -0.3 is 20.7 Å². The molecule has 3 rings (SSSR count). The van der Waals surface area contributed by atoms with Crippen molar-refractivity contribution in [3.8, 4) is 0 Å².